The number of carbonyl (C=O) groups is 1. The van der Waals surface area contributed by atoms with Crippen LogP contribution in [0.1, 0.15) is 9.67 Å². The number of nitro benzene ring substituents is 1. The predicted molar refractivity (Wildman–Crippen MR) is 73.4 cm³/mol. The number of rotatable bonds is 4. The van der Waals surface area contributed by atoms with Gasteiger partial charge in [-0.25, -0.2) is 0 Å². The molecule has 0 aliphatic rings. The molecule has 0 spiro atoms. The third kappa shape index (κ3) is 2.91. The smallest absolute Gasteiger partial charge is 0.312 e. The summed E-state index contributed by atoms with van der Waals surface area (Å²) in [6, 6.07) is 4.41. The Morgan fingerprint density at radius 2 is 2.26 bits per heavy atom. The van der Waals surface area contributed by atoms with Crippen molar-refractivity contribution < 1.29 is 14.5 Å². The molecule has 1 aromatic carbocycles. The van der Waals surface area contributed by atoms with Gasteiger partial charge in [-0.15, -0.1) is 0 Å². The molecule has 0 radical (unpaired) electrons. The Balaban J connectivity index is 2.42. The fraction of sp³-hybridized carbons (Fsp3) is 0. The summed E-state index contributed by atoms with van der Waals surface area (Å²) >= 11 is 9.76. The van der Waals surface area contributed by atoms with Crippen molar-refractivity contribution >= 4 is 50.8 Å². The van der Waals surface area contributed by atoms with Crippen LogP contribution in [-0.4, -0.2) is 16.2 Å². The fourth-order valence-electron chi connectivity index (χ4n) is 1.24. The Morgan fingerprint density at radius 1 is 1.53 bits per heavy atom. The van der Waals surface area contributed by atoms with E-state index in [4.69, 9.17) is 16.3 Å². The second-order valence-electron chi connectivity index (χ2n) is 3.20. The number of hydrogen-bond donors (Lipinski definition) is 0. The van der Waals surface area contributed by atoms with Gasteiger partial charge in [-0.3, -0.25) is 14.9 Å². The molecule has 0 aliphatic carbocycles. The number of aromatic nitrogens is 1. The van der Waals surface area contributed by atoms with Crippen LogP contribution in [-0.2, 0) is 0 Å². The number of hydrogen-bond acceptors (Lipinski definition) is 6. The minimum atomic E-state index is -0.573. The van der Waals surface area contributed by atoms with E-state index in [1.165, 1.54) is 12.1 Å². The first kappa shape index (κ1) is 13.9. The molecule has 2 aromatic rings. The zero-order valence-corrected chi connectivity index (χ0v) is 12.2. The van der Waals surface area contributed by atoms with E-state index >= 15 is 0 Å². The number of halogens is 2. The number of carbonyl (C=O) groups excluding carboxylic acids is 1. The molecule has 98 valence electrons. The minimum Gasteiger partial charge on any atom is -0.422 e. The Kier molecular flexibility index (Phi) is 4.13. The first-order valence-corrected chi connectivity index (χ1v) is 6.74. The Morgan fingerprint density at radius 3 is 2.84 bits per heavy atom. The number of benzene rings is 1. The molecule has 0 amide bonds. The lowest BCUT2D eigenvalue weighted by Crippen LogP contribution is -1.93. The summed E-state index contributed by atoms with van der Waals surface area (Å²) in [5.74, 6) is 0.00960. The second-order valence-corrected chi connectivity index (χ2v) is 5.41. The van der Waals surface area contributed by atoms with Crippen molar-refractivity contribution in [3.05, 3.63) is 42.8 Å². The molecule has 0 fully saturated rings. The number of nitro groups is 1. The number of nitrogens with zero attached hydrogens (tertiary/aromatic N) is 2. The number of para-hydroxylation sites is 1. The lowest BCUT2D eigenvalue weighted by molar-refractivity contribution is -0.385. The average Bonchev–Trinajstić information content (AvgIpc) is 2.71. The van der Waals surface area contributed by atoms with Crippen molar-refractivity contribution in [1.29, 1.82) is 0 Å². The highest BCUT2D eigenvalue weighted by atomic mass is 79.9. The predicted octanol–water partition coefficient (Wildman–Crippen LogP) is 4.07. The maximum atomic E-state index is 10.9. The summed E-state index contributed by atoms with van der Waals surface area (Å²) < 4.78 is 5.74. The van der Waals surface area contributed by atoms with Gasteiger partial charge >= 0.3 is 5.69 Å². The fourth-order valence-corrected chi connectivity index (χ4v) is 2.59. The Labute approximate surface area is 124 Å². The van der Waals surface area contributed by atoms with Gasteiger partial charge in [0.2, 0.25) is 5.75 Å². The van der Waals surface area contributed by atoms with E-state index in [1.807, 2.05) is 0 Å². The molecule has 19 heavy (non-hydrogen) atoms. The van der Waals surface area contributed by atoms with E-state index in [0.717, 1.165) is 11.3 Å². The molecule has 0 unspecified atom stereocenters. The highest BCUT2D eigenvalue weighted by Gasteiger charge is 2.21. The first-order valence-electron chi connectivity index (χ1n) is 4.75. The topological polar surface area (TPSA) is 82.3 Å². The summed E-state index contributed by atoms with van der Waals surface area (Å²) in [7, 11) is 0. The van der Waals surface area contributed by atoms with Crippen molar-refractivity contribution in [3.8, 4) is 10.9 Å². The average molecular weight is 364 g/mol. The Hall–Kier alpha value is -1.51. The van der Waals surface area contributed by atoms with E-state index in [-0.39, 0.29) is 26.7 Å². The van der Waals surface area contributed by atoms with Crippen molar-refractivity contribution in [2.75, 3.05) is 0 Å². The monoisotopic (exact) mass is 362 g/mol. The van der Waals surface area contributed by atoms with Crippen LogP contribution in [0.4, 0.5) is 5.69 Å². The molecule has 6 nitrogen and oxygen atoms in total. The SMILES string of the molecule is O=Cc1sc(Oc2c(Br)cccc2[N+](=O)[O-])nc1Cl. The van der Waals surface area contributed by atoms with Crippen LogP contribution < -0.4 is 4.74 Å². The van der Waals surface area contributed by atoms with Crippen molar-refractivity contribution in [1.82, 2.24) is 4.98 Å². The van der Waals surface area contributed by atoms with Gasteiger partial charge in [-0.05, 0) is 22.0 Å². The molecule has 0 saturated heterocycles. The molecule has 1 heterocycles. The molecule has 0 atom stereocenters. The molecule has 9 heteroatoms. The van der Waals surface area contributed by atoms with Gasteiger partial charge in [0.1, 0.15) is 4.88 Å². The summed E-state index contributed by atoms with van der Waals surface area (Å²) in [4.78, 5) is 25.0. The maximum Gasteiger partial charge on any atom is 0.312 e. The van der Waals surface area contributed by atoms with Crippen LogP contribution in [0.25, 0.3) is 0 Å². The first-order chi connectivity index (χ1) is 9.02. The molecule has 0 N–H and O–H groups in total. The van der Waals surface area contributed by atoms with Gasteiger partial charge < -0.3 is 4.74 Å². The second kappa shape index (κ2) is 5.64. The maximum absolute atomic E-state index is 10.9. The molecule has 0 saturated carbocycles. The third-order valence-electron chi connectivity index (χ3n) is 2.03. The van der Waals surface area contributed by atoms with E-state index < -0.39 is 4.92 Å². The number of aldehydes is 1. The van der Waals surface area contributed by atoms with Crippen LogP contribution in [0.15, 0.2) is 22.7 Å². The lowest BCUT2D eigenvalue weighted by Gasteiger charge is -2.04. The highest BCUT2D eigenvalue weighted by Crippen LogP contribution is 2.40. The summed E-state index contributed by atoms with van der Waals surface area (Å²) in [6.45, 7) is 0. The van der Waals surface area contributed by atoms with Crippen LogP contribution in [0, 0.1) is 10.1 Å². The summed E-state index contributed by atoms with van der Waals surface area (Å²) in [5.41, 5.74) is -0.214. The normalized spacial score (nSPS) is 10.2. The largest absolute Gasteiger partial charge is 0.422 e. The van der Waals surface area contributed by atoms with Crippen molar-refractivity contribution in [2.24, 2.45) is 0 Å². The van der Waals surface area contributed by atoms with E-state index in [2.05, 4.69) is 20.9 Å². The molecule has 2 rings (SSSR count). The zero-order chi connectivity index (χ0) is 14.0. The number of ether oxygens (including phenoxy) is 1. The molecular formula is C10H4BrClN2O4S. The van der Waals surface area contributed by atoms with Crippen LogP contribution in [0.2, 0.25) is 5.15 Å². The van der Waals surface area contributed by atoms with Crippen molar-refractivity contribution in [3.63, 3.8) is 0 Å². The Bertz CT molecular complexity index is 661. The van der Waals surface area contributed by atoms with Gasteiger partial charge in [-0.1, -0.05) is 29.0 Å². The number of thiazole rings is 1. The van der Waals surface area contributed by atoms with Crippen molar-refractivity contribution in [2.45, 2.75) is 0 Å². The van der Waals surface area contributed by atoms with Crippen LogP contribution in [0.5, 0.6) is 10.9 Å². The molecule has 1 aromatic heterocycles. The van der Waals surface area contributed by atoms with Gasteiger partial charge in [-0.2, -0.15) is 4.98 Å². The van der Waals surface area contributed by atoms with E-state index in [0.29, 0.717) is 10.8 Å². The standard InChI is InChI=1S/C10H4BrClN2O4S/c11-5-2-1-3-6(14(16)17)8(5)18-10-13-9(12)7(4-15)19-10/h1-4H. The summed E-state index contributed by atoms with van der Waals surface area (Å²) in [6.07, 6.45) is 0.543. The highest BCUT2D eigenvalue weighted by molar-refractivity contribution is 9.10. The van der Waals surface area contributed by atoms with Gasteiger partial charge in [0.25, 0.3) is 5.19 Å². The molecule has 0 bridgehead atoms. The summed E-state index contributed by atoms with van der Waals surface area (Å²) in [5, 5.41) is 11.0. The van der Waals surface area contributed by atoms with Crippen LogP contribution >= 0.6 is 38.9 Å². The quantitative estimate of drug-likeness (QED) is 0.464. The van der Waals surface area contributed by atoms with Crippen LogP contribution in [0.3, 0.4) is 0 Å². The van der Waals surface area contributed by atoms with Gasteiger partial charge in [0.05, 0.1) is 9.40 Å². The van der Waals surface area contributed by atoms with E-state index in [9.17, 15) is 14.9 Å². The lowest BCUT2D eigenvalue weighted by atomic mass is 10.3. The van der Waals surface area contributed by atoms with E-state index in [1.54, 1.807) is 6.07 Å². The zero-order valence-electron chi connectivity index (χ0n) is 9.00. The molecular weight excluding hydrogens is 360 g/mol. The third-order valence-corrected chi connectivity index (χ3v) is 3.91. The van der Waals surface area contributed by atoms with Gasteiger partial charge in [0, 0.05) is 6.07 Å². The molecule has 0 aliphatic heterocycles. The van der Waals surface area contributed by atoms with Gasteiger partial charge in [0.15, 0.2) is 11.4 Å². The minimum absolute atomic E-state index is 0.00436.